The van der Waals surface area contributed by atoms with Crippen molar-refractivity contribution >= 4 is 23.5 Å². The average Bonchev–Trinajstić information content (AvgIpc) is 2.44. The molecule has 0 aliphatic heterocycles. The van der Waals surface area contributed by atoms with E-state index >= 15 is 0 Å². The minimum atomic E-state index is -0.952. The van der Waals surface area contributed by atoms with Crippen molar-refractivity contribution in [3.63, 3.8) is 0 Å². The molecule has 0 heterocycles. The number of aliphatic carboxylic acids is 1. The van der Waals surface area contributed by atoms with Gasteiger partial charge in [-0.15, -0.1) is 0 Å². The first kappa shape index (κ1) is 17.1. The van der Waals surface area contributed by atoms with E-state index in [1.165, 1.54) is 0 Å². The van der Waals surface area contributed by atoms with Crippen molar-refractivity contribution in [1.29, 1.82) is 0 Å². The van der Waals surface area contributed by atoms with E-state index in [0.717, 1.165) is 5.56 Å². The van der Waals surface area contributed by atoms with Crippen molar-refractivity contribution < 1.29 is 14.7 Å². The van der Waals surface area contributed by atoms with Gasteiger partial charge < -0.3 is 10.4 Å². The van der Waals surface area contributed by atoms with E-state index in [1.807, 2.05) is 0 Å². The van der Waals surface area contributed by atoms with Gasteiger partial charge in [0.2, 0.25) is 5.91 Å². The third kappa shape index (κ3) is 5.91. The monoisotopic (exact) mass is 312 g/mol. The summed E-state index contributed by atoms with van der Waals surface area (Å²) in [5.41, 5.74) is 0.781. The van der Waals surface area contributed by atoms with Gasteiger partial charge in [-0.2, -0.15) is 4.91 Å². The van der Waals surface area contributed by atoms with Crippen LogP contribution in [0.5, 0.6) is 0 Å². The van der Waals surface area contributed by atoms with Crippen LogP contribution < -0.4 is 5.32 Å². The number of amides is 1. The van der Waals surface area contributed by atoms with Gasteiger partial charge >= 0.3 is 5.97 Å². The van der Waals surface area contributed by atoms with Gasteiger partial charge in [-0.1, -0.05) is 35.8 Å². The highest BCUT2D eigenvalue weighted by Gasteiger charge is 2.19. The Balaban J connectivity index is 2.70. The van der Waals surface area contributed by atoms with Crippen molar-refractivity contribution in [3.8, 4) is 0 Å². The van der Waals surface area contributed by atoms with Crippen LogP contribution in [0.2, 0.25) is 5.02 Å². The fourth-order valence-electron chi connectivity index (χ4n) is 1.85. The molecule has 21 heavy (non-hydrogen) atoms. The molecule has 1 aromatic carbocycles. The Kier molecular flexibility index (Phi) is 6.81. The SMILES string of the molecule is C[C@H](CN=O)C(=O)NCC(CC(=O)O)c1ccc(Cl)cc1. The number of nitrogens with one attached hydrogen (secondary N) is 1. The molecule has 1 aromatic rings. The molecule has 0 aliphatic carbocycles. The van der Waals surface area contributed by atoms with Gasteiger partial charge in [-0.25, -0.2) is 0 Å². The second kappa shape index (κ2) is 8.36. The Hall–Kier alpha value is -1.95. The summed E-state index contributed by atoms with van der Waals surface area (Å²) >= 11 is 5.80. The number of nitrogens with zero attached hydrogens (tertiary/aromatic N) is 1. The normalized spacial score (nSPS) is 13.2. The summed E-state index contributed by atoms with van der Waals surface area (Å²) in [4.78, 5) is 32.8. The molecule has 1 amide bonds. The second-order valence-electron chi connectivity index (χ2n) is 4.80. The van der Waals surface area contributed by atoms with E-state index < -0.39 is 11.9 Å². The Morgan fingerprint density at radius 3 is 2.48 bits per heavy atom. The largest absolute Gasteiger partial charge is 0.481 e. The molecule has 2 N–H and O–H groups in total. The minimum absolute atomic E-state index is 0.101. The number of benzene rings is 1. The number of carboxylic acids is 1. The summed E-state index contributed by atoms with van der Waals surface area (Å²) in [7, 11) is 0. The molecule has 2 atom stereocenters. The lowest BCUT2D eigenvalue weighted by molar-refractivity contribution is -0.137. The maximum Gasteiger partial charge on any atom is 0.304 e. The molecule has 0 aromatic heterocycles. The highest BCUT2D eigenvalue weighted by atomic mass is 35.5. The zero-order valence-electron chi connectivity index (χ0n) is 11.6. The van der Waals surface area contributed by atoms with Crippen LogP contribution >= 0.6 is 11.6 Å². The summed E-state index contributed by atoms with van der Waals surface area (Å²) < 4.78 is 0. The number of hydrogen-bond acceptors (Lipinski definition) is 4. The van der Waals surface area contributed by atoms with E-state index in [4.69, 9.17) is 16.7 Å². The van der Waals surface area contributed by atoms with Gasteiger partial charge in [-0.3, -0.25) is 9.59 Å². The highest BCUT2D eigenvalue weighted by Crippen LogP contribution is 2.21. The zero-order chi connectivity index (χ0) is 15.8. The molecule has 1 unspecified atom stereocenters. The molecule has 0 radical (unpaired) electrons. The van der Waals surface area contributed by atoms with Crippen LogP contribution in [0.1, 0.15) is 24.8 Å². The third-order valence-corrected chi connectivity index (χ3v) is 3.33. The van der Waals surface area contributed by atoms with Crippen LogP contribution in [0.3, 0.4) is 0 Å². The van der Waals surface area contributed by atoms with Gasteiger partial charge in [0.25, 0.3) is 0 Å². The first-order valence-corrected chi connectivity index (χ1v) is 6.86. The lowest BCUT2D eigenvalue weighted by atomic mass is 9.95. The number of carbonyl (C=O) groups is 2. The van der Waals surface area contributed by atoms with Crippen LogP contribution in [0, 0.1) is 10.8 Å². The lowest BCUT2D eigenvalue weighted by Crippen LogP contribution is -2.34. The topological polar surface area (TPSA) is 95.8 Å². The Bertz CT molecular complexity index is 504. The van der Waals surface area contributed by atoms with Crippen LogP contribution in [-0.2, 0) is 9.59 Å². The molecule has 6 nitrogen and oxygen atoms in total. The van der Waals surface area contributed by atoms with Crippen LogP contribution in [0.15, 0.2) is 29.4 Å². The van der Waals surface area contributed by atoms with E-state index in [2.05, 4.69) is 10.5 Å². The molecule has 114 valence electrons. The van der Waals surface area contributed by atoms with Crippen LogP contribution in [0.4, 0.5) is 0 Å². The van der Waals surface area contributed by atoms with Gasteiger partial charge in [0.05, 0.1) is 18.9 Å². The number of nitroso groups, excluding NO2 is 1. The average molecular weight is 313 g/mol. The summed E-state index contributed by atoms with van der Waals surface area (Å²) in [6, 6.07) is 6.82. The van der Waals surface area contributed by atoms with Gasteiger partial charge in [0.15, 0.2) is 0 Å². The van der Waals surface area contributed by atoms with Crippen molar-refractivity contribution in [2.45, 2.75) is 19.3 Å². The summed E-state index contributed by atoms with van der Waals surface area (Å²) in [5, 5.41) is 14.9. The standard InChI is InChI=1S/C14H17ClN2O4/c1-9(7-17-21)14(20)16-8-11(6-13(18)19)10-2-4-12(15)5-3-10/h2-5,9,11H,6-8H2,1H3,(H,16,20)(H,18,19)/t9-,11?/m1/s1. The van der Waals surface area contributed by atoms with Gasteiger partial charge in [0.1, 0.15) is 0 Å². The molecular formula is C14H17ClN2O4. The number of halogens is 1. The predicted octanol–water partition coefficient (Wildman–Crippen LogP) is 2.42. The summed E-state index contributed by atoms with van der Waals surface area (Å²) in [6.45, 7) is 1.66. The zero-order valence-corrected chi connectivity index (χ0v) is 12.3. The minimum Gasteiger partial charge on any atom is -0.481 e. The van der Waals surface area contributed by atoms with Crippen molar-refractivity contribution in [1.82, 2.24) is 5.32 Å². The van der Waals surface area contributed by atoms with E-state index in [9.17, 15) is 14.5 Å². The molecular weight excluding hydrogens is 296 g/mol. The molecule has 0 fully saturated rings. The molecule has 1 rings (SSSR count). The summed E-state index contributed by atoms with van der Waals surface area (Å²) in [5.74, 6) is -2.16. The number of carboxylic acid groups (broad SMARTS) is 1. The van der Waals surface area contributed by atoms with E-state index in [0.29, 0.717) is 5.02 Å². The fraction of sp³-hybridized carbons (Fsp3) is 0.429. The maximum atomic E-state index is 11.7. The Morgan fingerprint density at radius 2 is 1.95 bits per heavy atom. The lowest BCUT2D eigenvalue weighted by Gasteiger charge is -2.17. The number of hydrogen-bond donors (Lipinski definition) is 2. The van der Waals surface area contributed by atoms with Crippen molar-refractivity contribution in [3.05, 3.63) is 39.8 Å². The van der Waals surface area contributed by atoms with Crippen LogP contribution in [0.25, 0.3) is 0 Å². The highest BCUT2D eigenvalue weighted by molar-refractivity contribution is 6.30. The van der Waals surface area contributed by atoms with Crippen LogP contribution in [-0.4, -0.2) is 30.1 Å². The Morgan fingerprint density at radius 1 is 1.33 bits per heavy atom. The molecule has 0 saturated heterocycles. The molecule has 0 bridgehead atoms. The molecule has 0 spiro atoms. The van der Waals surface area contributed by atoms with Crippen molar-refractivity contribution in [2.24, 2.45) is 11.1 Å². The first-order chi connectivity index (χ1) is 9.93. The van der Waals surface area contributed by atoms with E-state index in [-0.39, 0.29) is 31.3 Å². The Labute approximate surface area is 127 Å². The molecule has 7 heteroatoms. The number of rotatable bonds is 8. The second-order valence-corrected chi connectivity index (χ2v) is 5.24. The maximum absolute atomic E-state index is 11.7. The van der Waals surface area contributed by atoms with Gasteiger partial charge in [-0.05, 0) is 17.7 Å². The van der Waals surface area contributed by atoms with E-state index in [1.54, 1.807) is 31.2 Å². The smallest absolute Gasteiger partial charge is 0.304 e. The fourth-order valence-corrected chi connectivity index (χ4v) is 1.97. The van der Waals surface area contributed by atoms with Gasteiger partial charge in [0, 0.05) is 17.5 Å². The third-order valence-electron chi connectivity index (χ3n) is 3.08. The first-order valence-electron chi connectivity index (χ1n) is 6.48. The molecule has 0 saturated carbocycles. The quantitative estimate of drug-likeness (QED) is 0.720. The molecule has 0 aliphatic rings. The predicted molar refractivity (Wildman–Crippen MR) is 79.3 cm³/mol. The number of carbonyl (C=O) groups excluding carboxylic acids is 1. The van der Waals surface area contributed by atoms with Crippen molar-refractivity contribution in [2.75, 3.05) is 13.1 Å². The summed E-state index contributed by atoms with van der Waals surface area (Å²) in [6.07, 6.45) is -0.109.